The summed E-state index contributed by atoms with van der Waals surface area (Å²) in [5.41, 5.74) is 5.24. The second kappa shape index (κ2) is 9.37. The first kappa shape index (κ1) is 22.2. The first-order chi connectivity index (χ1) is 13.6. The third kappa shape index (κ3) is 6.46. The van der Waals surface area contributed by atoms with E-state index in [1.165, 1.54) is 0 Å². The van der Waals surface area contributed by atoms with Crippen LogP contribution >= 0.6 is 0 Å². The van der Waals surface area contributed by atoms with Gasteiger partial charge in [0.05, 0.1) is 5.69 Å². The molecule has 3 aromatic rings. The number of hydrogen-bond acceptors (Lipinski definition) is 5. The Morgan fingerprint density at radius 1 is 1.21 bits per heavy atom. The first-order valence-corrected chi connectivity index (χ1v) is 8.58. The molecule has 0 amide bonds. The van der Waals surface area contributed by atoms with E-state index in [1.54, 1.807) is 0 Å². The van der Waals surface area contributed by atoms with E-state index < -0.39 is 12.1 Å². The molecule has 2 heterocycles. The Morgan fingerprint density at radius 2 is 1.83 bits per heavy atom. The van der Waals surface area contributed by atoms with Crippen molar-refractivity contribution in [3.8, 4) is 11.3 Å². The van der Waals surface area contributed by atoms with Gasteiger partial charge in [-0.3, -0.25) is 10.00 Å². The summed E-state index contributed by atoms with van der Waals surface area (Å²) in [6.45, 7) is 5.52. The van der Waals surface area contributed by atoms with Crippen molar-refractivity contribution in [3.63, 3.8) is 0 Å². The number of benzene rings is 1. The number of carbonyl (C=O) groups is 1. The highest BCUT2D eigenvalue weighted by Crippen LogP contribution is 2.26. The molecule has 3 rings (SSSR count). The fourth-order valence-electron chi connectivity index (χ4n) is 2.56. The van der Waals surface area contributed by atoms with E-state index in [0.717, 1.165) is 47.1 Å². The topological polar surface area (TPSA) is 95.3 Å². The molecule has 0 atom stereocenters. The molecule has 0 fully saturated rings. The number of carboxylic acid groups (broad SMARTS) is 1. The molecule has 0 spiro atoms. The zero-order valence-corrected chi connectivity index (χ0v) is 16.1. The molecular weight excluding hydrogens is 389 g/mol. The molecule has 0 unspecified atom stereocenters. The van der Waals surface area contributed by atoms with Crippen LogP contribution in [0.5, 0.6) is 0 Å². The van der Waals surface area contributed by atoms with E-state index >= 15 is 0 Å². The number of aliphatic carboxylic acids is 1. The van der Waals surface area contributed by atoms with Crippen molar-refractivity contribution in [1.29, 1.82) is 0 Å². The molecule has 0 radical (unpaired) electrons. The van der Waals surface area contributed by atoms with Crippen LogP contribution in [0, 0.1) is 13.8 Å². The summed E-state index contributed by atoms with van der Waals surface area (Å²) >= 11 is 0. The number of rotatable bonds is 5. The fourth-order valence-corrected chi connectivity index (χ4v) is 2.56. The zero-order chi connectivity index (χ0) is 21.6. The van der Waals surface area contributed by atoms with E-state index in [-0.39, 0.29) is 0 Å². The molecule has 0 bridgehead atoms. The Kier molecular flexibility index (Phi) is 7.16. The third-order valence-electron chi connectivity index (χ3n) is 3.89. The molecular formula is C19H21F3N4O3. The number of alkyl halides is 3. The van der Waals surface area contributed by atoms with Crippen LogP contribution in [0.3, 0.4) is 0 Å². The summed E-state index contributed by atoms with van der Waals surface area (Å²) in [5, 5.41) is 18.6. The van der Waals surface area contributed by atoms with Gasteiger partial charge in [0.25, 0.3) is 0 Å². The van der Waals surface area contributed by atoms with Gasteiger partial charge in [0.2, 0.25) is 0 Å². The fraction of sp³-hybridized carbons (Fsp3) is 0.316. The molecule has 10 heteroatoms. The normalized spacial score (nSPS) is 11.3. The minimum atomic E-state index is -5.08. The zero-order valence-electron chi connectivity index (χ0n) is 16.1. The van der Waals surface area contributed by atoms with Gasteiger partial charge >= 0.3 is 12.1 Å². The van der Waals surface area contributed by atoms with Crippen LogP contribution in [0.25, 0.3) is 11.3 Å². The number of nitrogens with one attached hydrogen (secondary N) is 1. The average Bonchev–Trinajstić information content (AvgIpc) is 3.21. The highest BCUT2D eigenvalue weighted by atomic mass is 19.4. The Bertz CT molecular complexity index is 936. The Morgan fingerprint density at radius 3 is 2.34 bits per heavy atom. The van der Waals surface area contributed by atoms with Gasteiger partial charge in [-0.05, 0) is 27.0 Å². The molecule has 7 nitrogen and oxygen atoms in total. The lowest BCUT2D eigenvalue weighted by atomic mass is 10.1. The molecule has 0 saturated heterocycles. The Labute approximate surface area is 165 Å². The van der Waals surface area contributed by atoms with E-state index in [1.807, 2.05) is 32.0 Å². The lowest BCUT2D eigenvalue weighted by molar-refractivity contribution is -0.192. The minimum absolute atomic E-state index is 0.769. The van der Waals surface area contributed by atoms with Crippen LogP contribution in [0.4, 0.5) is 13.2 Å². The summed E-state index contributed by atoms with van der Waals surface area (Å²) in [6, 6.07) is 12.2. The number of nitrogens with zero attached hydrogens (tertiary/aromatic N) is 3. The molecule has 0 aliphatic rings. The second-order valence-electron chi connectivity index (χ2n) is 6.45. The summed E-state index contributed by atoms with van der Waals surface area (Å²) in [4.78, 5) is 11.1. The van der Waals surface area contributed by atoms with Crippen LogP contribution in [-0.4, -0.2) is 44.6 Å². The summed E-state index contributed by atoms with van der Waals surface area (Å²) in [5.74, 6) is -1.89. The van der Waals surface area contributed by atoms with Gasteiger partial charge < -0.3 is 9.63 Å². The van der Waals surface area contributed by atoms with Crippen molar-refractivity contribution in [2.75, 3.05) is 7.05 Å². The number of aromatic nitrogens is 3. The molecule has 2 N–H and O–H groups in total. The SMILES string of the molecule is Cc1cc(CN(C)Cc2c(-c3ccccc3)noc2C)n[nH]1.O=C(O)C(F)(F)F. The highest BCUT2D eigenvalue weighted by molar-refractivity contribution is 5.73. The van der Waals surface area contributed by atoms with Crippen LogP contribution in [0.15, 0.2) is 40.9 Å². The standard InChI is InChI=1S/C17H20N4O.C2HF3O2/c1-12-9-15(19-18-12)10-21(3)11-16-13(2)22-20-17(16)14-7-5-4-6-8-14;3-2(4,5)1(6)7/h4-9H,10-11H2,1-3H3,(H,18,19);(H,6,7). The molecule has 0 aliphatic carbocycles. The van der Waals surface area contributed by atoms with Crippen molar-refractivity contribution in [2.45, 2.75) is 33.1 Å². The van der Waals surface area contributed by atoms with Crippen LogP contribution in [0.1, 0.15) is 22.7 Å². The van der Waals surface area contributed by atoms with E-state index in [0.29, 0.717) is 0 Å². The van der Waals surface area contributed by atoms with Gasteiger partial charge in [0.1, 0.15) is 11.5 Å². The van der Waals surface area contributed by atoms with Crippen molar-refractivity contribution in [3.05, 3.63) is 59.1 Å². The first-order valence-electron chi connectivity index (χ1n) is 8.58. The average molecular weight is 410 g/mol. The smallest absolute Gasteiger partial charge is 0.475 e. The molecule has 0 saturated carbocycles. The van der Waals surface area contributed by atoms with Gasteiger partial charge in [-0.15, -0.1) is 0 Å². The van der Waals surface area contributed by atoms with Gasteiger partial charge in [0, 0.05) is 29.9 Å². The van der Waals surface area contributed by atoms with Crippen molar-refractivity contribution in [2.24, 2.45) is 0 Å². The second-order valence-corrected chi connectivity index (χ2v) is 6.45. The molecule has 29 heavy (non-hydrogen) atoms. The number of hydrogen-bond donors (Lipinski definition) is 2. The van der Waals surface area contributed by atoms with E-state index in [4.69, 9.17) is 14.4 Å². The maximum absolute atomic E-state index is 10.6. The molecule has 2 aromatic heterocycles. The number of halogens is 3. The van der Waals surface area contributed by atoms with Gasteiger partial charge in [-0.25, -0.2) is 4.79 Å². The maximum Gasteiger partial charge on any atom is 0.490 e. The number of H-pyrrole nitrogens is 1. The summed E-state index contributed by atoms with van der Waals surface area (Å²) < 4.78 is 37.1. The lowest BCUT2D eigenvalue weighted by Gasteiger charge is -2.15. The van der Waals surface area contributed by atoms with Crippen LogP contribution in [-0.2, 0) is 17.9 Å². The molecule has 1 aromatic carbocycles. The summed E-state index contributed by atoms with van der Waals surface area (Å²) in [7, 11) is 2.07. The minimum Gasteiger partial charge on any atom is -0.475 e. The Balaban J connectivity index is 0.000000370. The quantitative estimate of drug-likeness (QED) is 0.661. The maximum atomic E-state index is 10.6. The Hall–Kier alpha value is -3.14. The highest BCUT2D eigenvalue weighted by Gasteiger charge is 2.38. The summed E-state index contributed by atoms with van der Waals surface area (Å²) in [6.07, 6.45) is -5.08. The van der Waals surface area contributed by atoms with Crippen molar-refractivity contribution < 1.29 is 27.6 Å². The molecule has 0 aliphatic heterocycles. The monoisotopic (exact) mass is 410 g/mol. The number of aryl methyl sites for hydroxylation is 2. The van der Waals surface area contributed by atoms with Crippen LogP contribution in [0.2, 0.25) is 0 Å². The van der Waals surface area contributed by atoms with E-state index in [2.05, 4.69) is 45.5 Å². The number of aromatic amines is 1. The third-order valence-corrected chi connectivity index (χ3v) is 3.89. The van der Waals surface area contributed by atoms with Crippen LogP contribution < -0.4 is 0 Å². The van der Waals surface area contributed by atoms with Crippen molar-refractivity contribution >= 4 is 5.97 Å². The van der Waals surface area contributed by atoms with E-state index in [9.17, 15) is 13.2 Å². The predicted molar refractivity (Wildman–Crippen MR) is 98.9 cm³/mol. The number of carboxylic acids is 1. The van der Waals surface area contributed by atoms with Gasteiger partial charge in [-0.1, -0.05) is 35.5 Å². The van der Waals surface area contributed by atoms with Gasteiger partial charge in [0.15, 0.2) is 0 Å². The predicted octanol–water partition coefficient (Wildman–Crippen LogP) is 3.95. The largest absolute Gasteiger partial charge is 0.490 e. The van der Waals surface area contributed by atoms with Gasteiger partial charge in [-0.2, -0.15) is 18.3 Å². The lowest BCUT2D eigenvalue weighted by Crippen LogP contribution is -2.21. The van der Waals surface area contributed by atoms with Crippen molar-refractivity contribution in [1.82, 2.24) is 20.3 Å². The molecule has 156 valence electrons.